The first-order valence-electron chi connectivity index (χ1n) is 6.37. The number of hydrogen-bond acceptors (Lipinski definition) is 2. The molecular weight excluding hydrogens is 200 g/mol. The maximum Gasteiger partial charge on any atom is 0.188 e. The van der Waals surface area contributed by atoms with E-state index in [0.717, 1.165) is 13.1 Å². The Hall–Kier alpha value is -0.770. The zero-order chi connectivity index (χ0) is 12.0. The smallest absolute Gasteiger partial charge is 0.188 e. The second-order valence-corrected chi connectivity index (χ2v) is 5.09. The molecule has 0 aliphatic carbocycles. The van der Waals surface area contributed by atoms with Crippen LogP contribution in [0.4, 0.5) is 0 Å². The van der Waals surface area contributed by atoms with Crippen molar-refractivity contribution in [1.29, 1.82) is 0 Å². The average Bonchev–Trinajstić information content (AvgIpc) is 2.76. The summed E-state index contributed by atoms with van der Waals surface area (Å²) >= 11 is 0. The van der Waals surface area contributed by atoms with E-state index in [4.69, 9.17) is 5.73 Å². The molecule has 0 amide bonds. The molecule has 0 spiro atoms. The zero-order valence-electron chi connectivity index (χ0n) is 10.9. The number of guanidine groups is 1. The van der Waals surface area contributed by atoms with Crippen LogP contribution < -0.4 is 11.1 Å². The first-order chi connectivity index (χ1) is 7.59. The van der Waals surface area contributed by atoms with Crippen LogP contribution in [0.1, 0.15) is 33.6 Å². The van der Waals surface area contributed by atoms with E-state index < -0.39 is 0 Å². The van der Waals surface area contributed by atoms with Crippen molar-refractivity contribution in [2.45, 2.75) is 39.7 Å². The summed E-state index contributed by atoms with van der Waals surface area (Å²) in [5.74, 6) is 1.15. The summed E-state index contributed by atoms with van der Waals surface area (Å²) in [6.07, 6.45) is 2.67. The molecule has 1 heterocycles. The van der Waals surface area contributed by atoms with Gasteiger partial charge >= 0.3 is 0 Å². The molecule has 1 atom stereocenters. The summed E-state index contributed by atoms with van der Waals surface area (Å²) in [5.41, 5.74) is 5.79. The zero-order valence-corrected chi connectivity index (χ0v) is 10.9. The molecule has 0 bridgehead atoms. The fourth-order valence-electron chi connectivity index (χ4n) is 1.90. The van der Waals surface area contributed by atoms with Gasteiger partial charge in [-0.3, -0.25) is 9.89 Å². The fourth-order valence-corrected chi connectivity index (χ4v) is 1.90. The molecule has 0 aromatic rings. The Labute approximate surface area is 99.3 Å². The van der Waals surface area contributed by atoms with Crippen LogP contribution >= 0.6 is 0 Å². The van der Waals surface area contributed by atoms with Crippen LogP contribution in [-0.2, 0) is 0 Å². The predicted molar refractivity (Wildman–Crippen MR) is 69.6 cm³/mol. The van der Waals surface area contributed by atoms with Gasteiger partial charge in [0, 0.05) is 19.1 Å². The Kier molecular flexibility index (Phi) is 5.60. The molecule has 1 unspecified atom stereocenters. The molecule has 4 heteroatoms. The quantitative estimate of drug-likeness (QED) is 0.544. The third-order valence-corrected chi connectivity index (χ3v) is 2.97. The monoisotopic (exact) mass is 226 g/mol. The van der Waals surface area contributed by atoms with Gasteiger partial charge in [-0.05, 0) is 38.8 Å². The second-order valence-electron chi connectivity index (χ2n) is 5.09. The number of nitrogens with one attached hydrogen (secondary N) is 1. The van der Waals surface area contributed by atoms with Crippen molar-refractivity contribution in [3.05, 3.63) is 0 Å². The number of hydrogen-bond donors (Lipinski definition) is 2. The first kappa shape index (κ1) is 13.3. The highest BCUT2D eigenvalue weighted by Crippen LogP contribution is 2.10. The standard InChI is InChI=1S/C12H26N4/c1-10(2)8-14-12(13)15-9-11(3)16-6-4-5-7-16/h10-11H,4-9H2,1-3H3,(H3,13,14,15). The lowest BCUT2D eigenvalue weighted by molar-refractivity contribution is 0.259. The normalized spacial score (nSPS) is 20.4. The molecule has 3 N–H and O–H groups in total. The summed E-state index contributed by atoms with van der Waals surface area (Å²) in [5, 5.41) is 3.20. The number of nitrogens with two attached hydrogens (primary N) is 1. The van der Waals surface area contributed by atoms with Gasteiger partial charge in [-0.15, -0.1) is 0 Å². The van der Waals surface area contributed by atoms with Gasteiger partial charge in [0.25, 0.3) is 0 Å². The Balaban J connectivity index is 2.19. The lowest BCUT2D eigenvalue weighted by Crippen LogP contribution is -2.43. The van der Waals surface area contributed by atoms with E-state index in [1.807, 2.05) is 0 Å². The predicted octanol–water partition coefficient (Wildman–Crippen LogP) is 1.03. The van der Waals surface area contributed by atoms with E-state index in [1.165, 1.54) is 25.9 Å². The van der Waals surface area contributed by atoms with Crippen molar-refractivity contribution in [2.24, 2.45) is 16.6 Å². The van der Waals surface area contributed by atoms with Crippen molar-refractivity contribution in [3.63, 3.8) is 0 Å². The van der Waals surface area contributed by atoms with Crippen molar-refractivity contribution in [2.75, 3.05) is 26.2 Å². The molecule has 4 nitrogen and oxygen atoms in total. The Morgan fingerprint density at radius 3 is 2.50 bits per heavy atom. The molecule has 1 aliphatic heterocycles. The highest BCUT2D eigenvalue weighted by molar-refractivity contribution is 5.77. The van der Waals surface area contributed by atoms with Crippen LogP contribution in [0.5, 0.6) is 0 Å². The SMILES string of the molecule is CC(C)CN=C(N)NCC(C)N1CCCC1. The Morgan fingerprint density at radius 1 is 1.31 bits per heavy atom. The molecular formula is C12H26N4. The van der Waals surface area contributed by atoms with Gasteiger partial charge in [0.1, 0.15) is 0 Å². The first-order valence-corrected chi connectivity index (χ1v) is 6.37. The lowest BCUT2D eigenvalue weighted by Gasteiger charge is -2.24. The van der Waals surface area contributed by atoms with Crippen molar-refractivity contribution >= 4 is 5.96 Å². The van der Waals surface area contributed by atoms with Crippen LogP contribution in [0.3, 0.4) is 0 Å². The molecule has 16 heavy (non-hydrogen) atoms. The van der Waals surface area contributed by atoms with Crippen molar-refractivity contribution in [1.82, 2.24) is 10.2 Å². The number of likely N-dealkylation sites (tertiary alicyclic amines) is 1. The highest BCUT2D eigenvalue weighted by atomic mass is 15.2. The van der Waals surface area contributed by atoms with Gasteiger partial charge in [0.05, 0.1) is 0 Å². The van der Waals surface area contributed by atoms with Crippen LogP contribution in [0, 0.1) is 5.92 Å². The highest BCUT2D eigenvalue weighted by Gasteiger charge is 2.17. The third kappa shape index (κ3) is 4.84. The van der Waals surface area contributed by atoms with Crippen LogP contribution in [-0.4, -0.2) is 43.1 Å². The average molecular weight is 226 g/mol. The van der Waals surface area contributed by atoms with Crippen molar-refractivity contribution < 1.29 is 0 Å². The van der Waals surface area contributed by atoms with E-state index >= 15 is 0 Å². The topological polar surface area (TPSA) is 53.6 Å². The summed E-state index contributed by atoms with van der Waals surface area (Å²) in [6.45, 7) is 10.7. The number of aliphatic imine (C=N–C) groups is 1. The maximum absolute atomic E-state index is 5.79. The van der Waals surface area contributed by atoms with E-state index in [1.54, 1.807) is 0 Å². The van der Waals surface area contributed by atoms with Gasteiger partial charge in [0.15, 0.2) is 5.96 Å². The minimum absolute atomic E-state index is 0.551. The van der Waals surface area contributed by atoms with Gasteiger partial charge < -0.3 is 11.1 Å². The van der Waals surface area contributed by atoms with Gasteiger partial charge in [-0.1, -0.05) is 13.8 Å². The van der Waals surface area contributed by atoms with Gasteiger partial charge in [-0.2, -0.15) is 0 Å². The van der Waals surface area contributed by atoms with Crippen LogP contribution in [0.2, 0.25) is 0 Å². The number of nitrogens with zero attached hydrogens (tertiary/aromatic N) is 2. The fraction of sp³-hybridized carbons (Fsp3) is 0.917. The summed E-state index contributed by atoms with van der Waals surface area (Å²) in [4.78, 5) is 6.79. The molecule has 0 aromatic heterocycles. The van der Waals surface area contributed by atoms with E-state index in [0.29, 0.717) is 17.9 Å². The Morgan fingerprint density at radius 2 is 1.94 bits per heavy atom. The molecule has 1 saturated heterocycles. The summed E-state index contributed by atoms with van der Waals surface area (Å²) in [6, 6.07) is 0.551. The van der Waals surface area contributed by atoms with Crippen molar-refractivity contribution in [3.8, 4) is 0 Å². The lowest BCUT2D eigenvalue weighted by atomic mass is 10.2. The third-order valence-electron chi connectivity index (χ3n) is 2.97. The van der Waals surface area contributed by atoms with E-state index in [-0.39, 0.29) is 0 Å². The van der Waals surface area contributed by atoms with Gasteiger partial charge in [0.2, 0.25) is 0 Å². The minimum Gasteiger partial charge on any atom is -0.370 e. The second kappa shape index (κ2) is 6.74. The molecule has 0 aromatic carbocycles. The summed E-state index contributed by atoms with van der Waals surface area (Å²) < 4.78 is 0. The van der Waals surface area contributed by atoms with Crippen LogP contribution in [0.15, 0.2) is 4.99 Å². The Bertz CT molecular complexity index is 219. The molecule has 0 radical (unpaired) electrons. The summed E-state index contributed by atoms with van der Waals surface area (Å²) in [7, 11) is 0. The van der Waals surface area contributed by atoms with E-state index in [2.05, 4.69) is 36.0 Å². The van der Waals surface area contributed by atoms with Crippen LogP contribution in [0.25, 0.3) is 0 Å². The number of rotatable bonds is 5. The molecule has 1 fully saturated rings. The molecule has 1 aliphatic rings. The van der Waals surface area contributed by atoms with Gasteiger partial charge in [-0.25, -0.2) is 0 Å². The molecule has 94 valence electrons. The van der Waals surface area contributed by atoms with E-state index in [9.17, 15) is 0 Å². The largest absolute Gasteiger partial charge is 0.370 e. The molecule has 0 saturated carbocycles. The minimum atomic E-state index is 0.551. The maximum atomic E-state index is 5.79. The molecule has 1 rings (SSSR count).